The summed E-state index contributed by atoms with van der Waals surface area (Å²) < 4.78 is 0. The maximum absolute atomic E-state index is 12.9. The Labute approximate surface area is 181 Å². The van der Waals surface area contributed by atoms with Crippen molar-refractivity contribution in [3.63, 3.8) is 0 Å². The normalized spacial score (nSPS) is 12.0. The molecule has 0 aliphatic rings. The third-order valence-corrected chi connectivity index (χ3v) is 5.07. The largest absolute Gasteiger partial charge is 0.480 e. The van der Waals surface area contributed by atoms with Crippen LogP contribution in [0.4, 0.5) is 0 Å². The molecular weight excluding hydrogens is 420 g/mol. The van der Waals surface area contributed by atoms with Gasteiger partial charge < -0.3 is 21.1 Å². The van der Waals surface area contributed by atoms with Crippen molar-refractivity contribution in [2.45, 2.75) is 12.5 Å². The lowest BCUT2D eigenvalue weighted by molar-refractivity contribution is -0.140. The maximum atomic E-state index is 12.9. The number of carboxylic acids is 1. The van der Waals surface area contributed by atoms with Crippen LogP contribution in [-0.4, -0.2) is 38.9 Å². The number of rotatable bonds is 6. The molecule has 2 heterocycles. The van der Waals surface area contributed by atoms with E-state index in [0.29, 0.717) is 21.8 Å². The number of halogens is 1. The number of amides is 2. The van der Waals surface area contributed by atoms with E-state index in [-0.39, 0.29) is 5.69 Å². The summed E-state index contributed by atoms with van der Waals surface area (Å²) in [4.78, 5) is 43.3. The van der Waals surface area contributed by atoms with Gasteiger partial charge in [-0.25, -0.2) is 9.78 Å². The lowest BCUT2D eigenvalue weighted by atomic mass is 10.1. The molecule has 0 spiro atoms. The van der Waals surface area contributed by atoms with E-state index in [1.54, 1.807) is 24.3 Å². The van der Waals surface area contributed by atoms with Crippen LogP contribution in [0.25, 0.3) is 33.1 Å². The number of benzene rings is 2. The fourth-order valence-electron chi connectivity index (χ4n) is 3.44. The van der Waals surface area contributed by atoms with Gasteiger partial charge in [0.05, 0.1) is 17.6 Å². The number of aliphatic carboxylic acids is 1. The monoisotopic (exact) mass is 436 g/mol. The SMILES string of the molecule is NC(=O)CC(NC(=O)c1cc2c([nH]c3ccccc32)c(-c2cccc(Cl)c2)n1)C(=O)O. The van der Waals surface area contributed by atoms with Gasteiger partial charge in [0.15, 0.2) is 0 Å². The highest BCUT2D eigenvalue weighted by molar-refractivity contribution is 6.31. The van der Waals surface area contributed by atoms with Crippen LogP contribution in [0.1, 0.15) is 16.9 Å². The number of nitrogens with two attached hydrogens (primary N) is 1. The number of primary amides is 1. The first-order valence-electron chi connectivity index (χ1n) is 9.33. The number of carboxylic acid groups (broad SMARTS) is 1. The quantitative estimate of drug-likeness (QED) is 0.368. The molecule has 4 rings (SSSR count). The highest BCUT2D eigenvalue weighted by Gasteiger charge is 2.24. The molecule has 5 N–H and O–H groups in total. The van der Waals surface area contributed by atoms with E-state index in [0.717, 1.165) is 16.3 Å². The van der Waals surface area contributed by atoms with E-state index >= 15 is 0 Å². The minimum absolute atomic E-state index is 0.00273. The summed E-state index contributed by atoms with van der Waals surface area (Å²) in [5, 5.41) is 13.7. The highest BCUT2D eigenvalue weighted by Crippen LogP contribution is 2.33. The summed E-state index contributed by atoms with van der Waals surface area (Å²) in [6, 6.07) is 14.7. The molecule has 156 valence electrons. The van der Waals surface area contributed by atoms with Crippen molar-refractivity contribution in [2.24, 2.45) is 5.73 Å². The third-order valence-electron chi connectivity index (χ3n) is 4.84. The molecule has 2 aromatic carbocycles. The van der Waals surface area contributed by atoms with Crippen molar-refractivity contribution < 1.29 is 19.5 Å². The molecule has 9 heteroatoms. The molecule has 0 aliphatic carbocycles. The lowest BCUT2D eigenvalue weighted by Crippen LogP contribution is -2.43. The molecule has 4 aromatic rings. The van der Waals surface area contributed by atoms with E-state index < -0.39 is 30.2 Å². The first-order chi connectivity index (χ1) is 14.8. The van der Waals surface area contributed by atoms with Crippen LogP contribution >= 0.6 is 11.6 Å². The van der Waals surface area contributed by atoms with Gasteiger partial charge in [-0.1, -0.05) is 41.9 Å². The molecule has 8 nitrogen and oxygen atoms in total. The van der Waals surface area contributed by atoms with Gasteiger partial charge in [0.25, 0.3) is 5.91 Å². The molecular formula is C22H17ClN4O4. The average molecular weight is 437 g/mol. The predicted octanol–water partition coefficient (Wildman–Crippen LogP) is 3.09. The number of fused-ring (bicyclic) bond motifs is 3. The van der Waals surface area contributed by atoms with Crippen molar-refractivity contribution in [2.75, 3.05) is 0 Å². The number of hydrogen-bond acceptors (Lipinski definition) is 4. The molecule has 0 saturated heterocycles. The zero-order chi connectivity index (χ0) is 22.1. The lowest BCUT2D eigenvalue weighted by Gasteiger charge is -2.13. The fraction of sp³-hybridized carbons (Fsp3) is 0.0909. The van der Waals surface area contributed by atoms with Gasteiger partial charge in [-0.3, -0.25) is 9.59 Å². The van der Waals surface area contributed by atoms with Gasteiger partial charge in [-0.15, -0.1) is 0 Å². The number of hydrogen-bond donors (Lipinski definition) is 4. The molecule has 2 aromatic heterocycles. The van der Waals surface area contributed by atoms with Crippen molar-refractivity contribution in [1.82, 2.24) is 15.3 Å². The Morgan fingerprint density at radius 1 is 1.10 bits per heavy atom. The molecule has 1 atom stereocenters. The Morgan fingerprint density at radius 2 is 1.87 bits per heavy atom. The molecule has 0 aliphatic heterocycles. The van der Waals surface area contributed by atoms with Crippen LogP contribution in [0.15, 0.2) is 54.6 Å². The fourth-order valence-corrected chi connectivity index (χ4v) is 3.63. The van der Waals surface area contributed by atoms with Crippen LogP contribution in [0, 0.1) is 0 Å². The van der Waals surface area contributed by atoms with E-state index in [1.165, 1.54) is 0 Å². The zero-order valence-corrected chi connectivity index (χ0v) is 16.8. The topological polar surface area (TPSA) is 138 Å². The summed E-state index contributed by atoms with van der Waals surface area (Å²) >= 11 is 6.15. The number of nitrogens with one attached hydrogen (secondary N) is 2. The molecule has 0 bridgehead atoms. The predicted molar refractivity (Wildman–Crippen MR) is 117 cm³/mol. The molecule has 1 unspecified atom stereocenters. The highest BCUT2D eigenvalue weighted by atomic mass is 35.5. The van der Waals surface area contributed by atoms with Crippen LogP contribution < -0.4 is 11.1 Å². The first-order valence-corrected chi connectivity index (χ1v) is 9.70. The zero-order valence-electron chi connectivity index (χ0n) is 16.1. The second-order valence-corrected chi connectivity index (χ2v) is 7.43. The number of carbonyl (C=O) groups is 3. The van der Waals surface area contributed by atoms with Gasteiger partial charge in [0.1, 0.15) is 11.7 Å². The van der Waals surface area contributed by atoms with Gasteiger partial charge in [-0.05, 0) is 24.3 Å². The Kier molecular flexibility index (Phi) is 5.31. The second kappa shape index (κ2) is 8.08. The smallest absolute Gasteiger partial charge is 0.326 e. The molecule has 31 heavy (non-hydrogen) atoms. The summed E-state index contributed by atoms with van der Waals surface area (Å²) in [5.74, 6) is -2.94. The molecule has 2 amide bonds. The number of para-hydroxylation sites is 1. The van der Waals surface area contributed by atoms with Gasteiger partial charge in [0, 0.05) is 26.9 Å². The minimum Gasteiger partial charge on any atom is -0.480 e. The average Bonchev–Trinajstić information content (AvgIpc) is 3.10. The number of nitrogens with zero attached hydrogens (tertiary/aromatic N) is 1. The summed E-state index contributed by atoms with van der Waals surface area (Å²) in [6.07, 6.45) is -0.530. The van der Waals surface area contributed by atoms with Crippen molar-refractivity contribution in [1.29, 1.82) is 0 Å². The minimum atomic E-state index is -1.46. The Bertz CT molecular complexity index is 1350. The van der Waals surface area contributed by atoms with Crippen LogP contribution in [0.5, 0.6) is 0 Å². The van der Waals surface area contributed by atoms with E-state index in [2.05, 4.69) is 15.3 Å². The van der Waals surface area contributed by atoms with Crippen molar-refractivity contribution in [3.05, 3.63) is 65.3 Å². The standard InChI is InChI=1S/C22H17ClN4O4/c23-12-5-3-4-11(8-12)19-20-14(13-6-1-2-7-15(13)25-20)9-16(26-19)21(29)27-17(22(30)31)10-18(24)28/h1-9,17,25H,10H2,(H2,24,28)(H,27,29)(H,30,31). The Morgan fingerprint density at radius 3 is 2.58 bits per heavy atom. The van der Waals surface area contributed by atoms with E-state index in [4.69, 9.17) is 17.3 Å². The van der Waals surface area contributed by atoms with Crippen LogP contribution in [-0.2, 0) is 9.59 Å². The number of aromatic nitrogens is 2. The first kappa shape index (κ1) is 20.4. The number of pyridine rings is 1. The molecule has 0 saturated carbocycles. The Balaban J connectivity index is 1.88. The second-order valence-electron chi connectivity index (χ2n) is 6.99. The summed E-state index contributed by atoms with van der Waals surface area (Å²) in [7, 11) is 0. The van der Waals surface area contributed by atoms with Crippen LogP contribution in [0.3, 0.4) is 0 Å². The third kappa shape index (κ3) is 4.06. The van der Waals surface area contributed by atoms with E-state index in [1.807, 2.05) is 30.3 Å². The van der Waals surface area contributed by atoms with Gasteiger partial charge in [-0.2, -0.15) is 0 Å². The number of H-pyrrole nitrogens is 1. The van der Waals surface area contributed by atoms with Crippen LogP contribution in [0.2, 0.25) is 5.02 Å². The van der Waals surface area contributed by atoms with Crippen molar-refractivity contribution >= 4 is 51.2 Å². The number of aromatic amines is 1. The summed E-state index contributed by atoms with van der Waals surface area (Å²) in [6.45, 7) is 0. The Hall–Kier alpha value is -3.91. The van der Waals surface area contributed by atoms with E-state index in [9.17, 15) is 19.5 Å². The van der Waals surface area contributed by atoms with Crippen molar-refractivity contribution in [3.8, 4) is 11.3 Å². The molecule has 0 radical (unpaired) electrons. The molecule has 0 fully saturated rings. The van der Waals surface area contributed by atoms with Gasteiger partial charge >= 0.3 is 5.97 Å². The van der Waals surface area contributed by atoms with Gasteiger partial charge in [0.2, 0.25) is 5.91 Å². The summed E-state index contributed by atoms with van der Waals surface area (Å²) in [5.41, 5.74) is 7.85. The number of carbonyl (C=O) groups excluding carboxylic acids is 2. The maximum Gasteiger partial charge on any atom is 0.326 e.